The van der Waals surface area contributed by atoms with E-state index in [0.717, 1.165) is 23.2 Å². The molecule has 0 bridgehead atoms. The lowest BCUT2D eigenvalue weighted by molar-refractivity contribution is -0.133. The number of piperazine rings is 1. The minimum atomic E-state index is -0.340. The monoisotopic (exact) mass is 584 g/mol. The molecule has 0 spiro atoms. The molecule has 1 saturated heterocycles. The van der Waals surface area contributed by atoms with Gasteiger partial charge in [0.15, 0.2) is 0 Å². The molecule has 0 radical (unpaired) electrons. The van der Waals surface area contributed by atoms with Crippen LogP contribution in [0.1, 0.15) is 50.4 Å². The summed E-state index contributed by atoms with van der Waals surface area (Å²) in [6.45, 7) is 4.46. The number of amides is 3. The van der Waals surface area contributed by atoms with Crippen molar-refractivity contribution in [3.8, 4) is 0 Å². The highest BCUT2D eigenvalue weighted by atomic mass is 32.1. The van der Waals surface area contributed by atoms with Gasteiger partial charge in [0.1, 0.15) is 5.82 Å². The highest BCUT2D eigenvalue weighted by Crippen LogP contribution is 2.28. The van der Waals surface area contributed by atoms with Gasteiger partial charge in [-0.25, -0.2) is 4.39 Å². The van der Waals surface area contributed by atoms with E-state index in [1.54, 1.807) is 30.3 Å². The second kappa shape index (κ2) is 13.4. The van der Waals surface area contributed by atoms with Gasteiger partial charge in [0.25, 0.3) is 11.8 Å². The van der Waals surface area contributed by atoms with Crippen molar-refractivity contribution in [1.82, 2.24) is 10.2 Å². The van der Waals surface area contributed by atoms with Gasteiger partial charge in [-0.1, -0.05) is 55.5 Å². The van der Waals surface area contributed by atoms with E-state index in [0.29, 0.717) is 42.3 Å². The van der Waals surface area contributed by atoms with Crippen molar-refractivity contribution in [3.63, 3.8) is 0 Å². The summed E-state index contributed by atoms with van der Waals surface area (Å²) in [5, 5.41) is 7.64. The Bertz CT molecular complexity index is 1520. The van der Waals surface area contributed by atoms with E-state index >= 15 is 0 Å². The van der Waals surface area contributed by atoms with Crippen molar-refractivity contribution in [1.29, 1.82) is 0 Å². The Morgan fingerprint density at radius 2 is 1.62 bits per heavy atom. The summed E-state index contributed by atoms with van der Waals surface area (Å²) < 4.78 is 13.3. The van der Waals surface area contributed by atoms with Crippen molar-refractivity contribution in [2.75, 3.05) is 36.4 Å². The van der Waals surface area contributed by atoms with E-state index in [2.05, 4.69) is 15.5 Å². The smallest absolute Gasteiger partial charge is 0.265 e. The summed E-state index contributed by atoms with van der Waals surface area (Å²) in [4.78, 5) is 44.2. The summed E-state index contributed by atoms with van der Waals surface area (Å²) in [7, 11) is 0. The quantitative estimate of drug-likeness (QED) is 0.256. The Hall–Kier alpha value is -4.50. The largest absolute Gasteiger partial charge is 0.367 e. The molecule has 0 aliphatic carbocycles. The van der Waals surface area contributed by atoms with Crippen LogP contribution in [-0.2, 0) is 11.3 Å². The highest BCUT2D eigenvalue weighted by Gasteiger charge is 2.29. The van der Waals surface area contributed by atoms with E-state index in [4.69, 9.17) is 0 Å². The third kappa shape index (κ3) is 6.86. The maximum absolute atomic E-state index is 13.5. The lowest BCUT2D eigenvalue weighted by Crippen LogP contribution is -2.50. The number of thiophene rings is 1. The molecule has 1 aliphatic rings. The molecule has 5 rings (SSSR count). The predicted molar refractivity (Wildman–Crippen MR) is 165 cm³/mol. The third-order valence-corrected chi connectivity index (χ3v) is 8.32. The van der Waals surface area contributed by atoms with Crippen LogP contribution in [0.4, 0.5) is 15.8 Å². The molecule has 1 aliphatic heterocycles. The molecule has 9 heteroatoms. The fourth-order valence-corrected chi connectivity index (χ4v) is 5.80. The Kier molecular flexibility index (Phi) is 9.28. The molecule has 1 aromatic heterocycles. The SMILES string of the molecule is CCC(C(=O)N1CCN(c2ccc(NC(=O)c3cccs3)cc2C(=O)NCc2ccc(F)cc2)CC1)c1ccccc1. The van der Waals surface area contributed by atoms with Crippen LogP contribution in [0, 0.1) is 5.82 Å². The first-order chi connectivity index (χ1) is 20.4. The van der Waals surface area contributed by atoms with Crippen LogP contribution in [0.5, 0.6) is 0 Å². The van der Waals surface area contributed by atoms with Crippen molar-refractivity contribution in [3.05, 3.63) is 118 Å². The molecule has 216 valence electrons. The fourth-order valence-electron chi connectivity index (χ4n) is 5.18. The first-order valence-corrected chi connectivity index (χ1v) is 14.9. The number of hydrogen-bond acceptors (Lipinski definition) is 5. The zero-order chi connectivity index (χ0) is 29.5. The number of nitrogens with zero attached hydrogens (tertiary/aromatic N) is 2. The number of carbonyl (C=O) groups is 3. The van der Waals surface area contributed by atoms with Crippen LogP contribution in [0.25, 0.3) is 0 Å². The number of benzene rings is 3. The molecule has 0 saturated carbocycles. The van der Waals surface area contributed by atoms with Gasteiger partial charge in [-0.3, -0.25) is 14.4 Å². The van der Waals surface area contributed by atoms with Gasteiger partial charge >= 0.3 is 0 Å². The van der Waals surface area contributed by atoms with E-state index in [1.165, 1.54) is 23.5 Å². The first-order valence-electron chi connectivity index (χ1n) is 14.0. The molecule has 42 heavy (non-hydrogen) atoms. The number of rotatable bonds is 9. The average molecular weight is 585 g/mol. The van der Waals surface area contributed by atoms with E-state index < -0.39 is 0 Å². The molecule has 2 N–H and O–H groups in total. The van der Waals surface area contributed by atoms with Crippen molar-refractivity contribution < 1.29 is 18.8 Å². The summed E-state index contributed by atoms with van der Waals surface area (Å²) in [5.74, 6) is -0.959. The van der Waals surface area contributed by atoms with Gasteiger partial charge in [-0.15, -0.1) is 11.3 Å². The molecule has 7 nitrogen and oxygen atoms in total. The van der Waals surface area contributed by atoms with E-state index in [1.807, 2.05) is 59.7 Å². The lowest BCUT2D eigenvalue weighted by atomic mass is 9.94. The topological polar surface area (TPSA) is 81.8 Å². The second-order valence-electron chi connectivity index (χ2n) is 10.2. The Labute approximate surface area is 249 Å². The summed E-state index contributed by atoms with van der Waals surface area (Å²) in [6, 6.07) is 24.7. The van der Waals surface area contributed by atoms with Crippen molar-refractivity contribution >= 4 is 40.4 Å². The van der Waals surface area contributed by atoms with E-state index in [9.17, 15) is 18.8 Å². The van der Waals surface area contributed by atoms with Gasteiger partial charge in [-0.2, -0.15) is 0 Å². The molecule has 1 atom stereocenters. The highest BCUT2D eigenvalue weighted by molar-refractivity contribution is 7.12. The molecule has 4 aromatic rings. The van der Waals surface area contributed by atoms with Crippen molar-refractivity contribution in [2.45, 2.75) is 25.8 Å². The van der Waals surface area contributed by atoms with Crippen LogP contribution in [-0.4, -0.2) is 48.8 Å². The second-order valence-corrected chi connectivity index (χ2v) is 11.1. The Morgan fingerprint density at radius 1 is 0.881 bits per heavy atom. The third-order valence-electron chi connectivity index (χ3n) is 7.45. The summed E-state index contributed by atoms with van der Waals surface area (Å²) >= 11 is 1.34. The van der Waals surface area contributed by atoms with Crippen LogP contribution in [0.3, 0.4) is 0 Å². The molecular formula is C33H33FN4O3S. The average Bonchev–Trinajstić information content (AvgIpc) is 3.57. The zero-order valence-corrected chi connectivity index (χ0v) is 24.2. The van der Waals surface area contributed by atoms with Crippen molar-refractivity contribution in [2.24, 2.45) is 0 Å². The van der Waals surface area contributed by atoms with Crippen LogP contribution in [0.2, 0.25) is 0 Å². The number of nitrogens with one attached hydrogen (secondary N) is 2. The lowest BCUT2D eigenvalue weighted by Gasteiger charge is -2.38. The van der Waals surface area contributed by atoms with Gasteiger partial charge in [-0.05, 0) is 59.3 Å². The Morgan fingerprint density at radius 3 is 2.29 bits per heavy atom. The first kappa shape index (κ1) is 29.0. The van der Waals surface area contributed by atoms with E-state index in [-0.39, 0.29) is 36.0 Å². The number of carbonyl (C=O) groups excluding carboxylic acids is 3. The van der Waals surface area contributed by atoms with Crippen LogP contribution >= 0.6 is 11.3 Å². The fraction of sp³-hybridized carbons (Fsp3) is 0.242. The maximum Gasteiger partial charge on any atom is 0.265 e. The van der Waals surface area contributed by atoms with Crippen LogP contribution in [0.15, 0.2) is 90.3 Å². The van der Waals surface area contributed by atoms with Gasteiger partial charge in [0, 0.05) is 44.1 Å². The molecular weight excluding hydrogens is 551 g/mol. The number of hydrogen-bond donors (Lipinski definition) is 2. The number of halogens is 1. The summed E-state index contributed by atoms with van der Waals surface area (Å²) in [6.07, 6.45) is 0.722. The van der Waals surface area contributed by atoms with Gasteiger partial charge in [0.2, 0.25) is 5.91 Å². The van der Waals surface area contributed by atoms with Crippen LogP contribution < -0.4 is 15.5 Å². The summed E-state index contributed by atoms with van der Waals surface area (Å²) in [5.41, 5.74) is 3.43. The predicted octanol–water partition coefficient (Wildman–Crippen LogP) is 5.91. The minimum absolute atomic E-state index is 0.118. The molecule has 3 amide bonds. The minimum Gasteiger partial charge on any atom is -0.367 e. The molecule has 2 heterocycles. The Balaban J connectivity index is 1.32. The normalized spacial score (nSPS) is 13.9. The molecule has 1 fully saturated rings. The molecule has 3 aromatic carbocycles. The van der Waals surface area contributed by atoms with Gasteiger partial charge < -0.3 is 20.4 Å². The maximum atomic E-state index is 13.5. The zero-order valence-electron chi connectivity index (χ0n) is 23.4. The standard InChI is InChI=1S/C33H33FN4O3S/c1-2-27(24-7-4-3-5-8-24)33(41)38-18-16-37(17-19-38)29-15-14-26(36-32(40)30-9-6-20-42-30)21-28(29)31(39)35-22-23-10-12-25(34)13-11-23/h3-15,20-21,27H,2,16-19,22H2,1H3,(H,35,39)(H,36,40). The van der Waals surface area contributed by atoms with Gasteiger partial charge in [0.05, 0.1) is 16.4 Å². The molecule has 1 unspecified atom stereocenters. The number of anilines is 2.